The summed E-state index contributed by atoms with van der Waals surface area (Å²) in [5.41, 5.74) is 4.54. The molecule has 0 unspecified atom stereocenters. The Kier molecular flexibility index (Phi) is 5.38. The summed E-state index contributed by atoms with van der Waals surface area (Å²) in [7, 11) is 0. The number of aliphatic imine (C=N–C) groups is 1. The number of hydrogen-bond donors (Lipinski definition) is 1. The lowest BCUT2D eigenvalue weighted by atomic mass is 10.0. The van der Waals surface area contributed by atoms with Crippen LogP contribution in [0.5, 0.6) is 11.6 Å². The largest absolute Gasteiger partial charge is 0.478 e. The number of benzene rings is 2. The number of hydrogen-bond acceptors (Lipinski definition) is 9. The number of aromatic nitrogens is 6. The number of nitrogens with one attached hydrogen (secondary N) is 1. The smallest absolute Gasteiger partial charge is 0.224 e. The summed E-state index contributed by atoms with van der Waals surface area (Å²) in [4.78, 5) is 18.3. The molecule has 10 heteroatoms. The van der Waals surface area contributed by atoms with Gasteiger partial charge in [0.2, 0.25) is 5.88 Å². The molecule has 0 saturated heterocycles. The van der Waals surface area contributed by atoms with Crippen molar-refractivity contribution >= 4 is 34.0 Å². The number of fused-ring (bicyclic) bond motifs is 2. The second kappa shape index (κ2) is 9.05. The number of anilines is 2. The van der Waals surface area contributed by atoms with Crippen molar-refractivity contribution in [3.63, 3.8) is 0 Å². The fraction of sp³-hybridized carbons (Fsp3) is 0.286. The lowest BCUT2D eigenvalue weighted by molar-refractivity contribution is 0.254. The summed E-state index contributed by atoms with van der Waals surface area (Å²) in [6.45, 7) is 2.71. The van der Waals surface area contributed by atoms with E-state index in [0.717, 1.165) is 58.9 Å². The molecule has 1 aliphatic heterocycles. The fourth-order valence-electron chi connectivity index (χ4n) is 5.27. The maximum atomic E-state index is 6.01. The van der Waals surface area contributed by atoms with Crippen molar-refractivity contribution in [1.82, 2.24) is 29.5 Å². The molecule has 0 amide bonds. The van der Waals surface area contributed by atoms with Gasteiger partial charge in [-0.3, -0.25) is 4.40 Å². The Bertz CT molecular complexity index is 1690. The molecule has 1 aliphatic carbocycles. The van der Waals surface area contributed by atoms with Crippen LogP contribution < -0.4 is 10.1 Å². The Morgan fingerprint density at radius 3 is 2.84 bits per heavy atom. The third kappa shape index (κ3) is 4.27. The summed E-state index contributed by atoms with van der Waals surface area (Å²) >= 11 is 0. The number of nitrogens with zero attached hydrogens (tertiary/aromatic N) is 7. The molecule has 190 valence electrons. The van der Waals surface area contributed by atoms with E-state index in [2.05, 4.69) is 42.6 Å². The molecule has 2 aliphatic rings. The Morgan fingerprint density at radius 2 is 1.95 bits per heavy atom. The van der Waals surface area contributed by atoms with Crippen molar-refractivity contribution in [2.24, 2.45) is 4.99 Å². The van der Waals surface area contributed by atoms with Crippen LogP contribution in [0.15, 0.2) is 66.4 Å². The summed E-state index contributed by atoms with van der Waals surface area (Å²) < 4.78 is 13.7. The molecule has 0 atom stereocenters. The maximum Gasteiger partial charge on any atom is 0.224 e. The summed E-state index contributed by atoms with van der Waals surface area (Å²) in [6.07, 6.45) is 10.2. The fourth-order valence-corrected chi connectivity index (χ4v) is 5.27. The van der Waals surface area contributed by atoms with E-state index in [9.17, 15) is 0 Å². The molecule has 2 aromatic carbocycles. The van der Waals surface area contributed by atoms with Crippen LogP contribution in [0, 0.1) is 6.92 Å². The minimum atomic E-state index is 0.0229. The molecule has 1 fully saturated rings. The molecular formula is C28H26N8O2. The van der Waals surface area contributed by atoms with Crippen molar-refractivity contribution in [2.45, 2.75) is 44.6 Å². The molecular weight excluding hydrogens is 480 g/mol. The van der Waals surface area contributed by atoms with Crippen LogP contribution in [0.4, 0.5) is 11.5 Å². The van der Waals surface area contributed by atoms with E-state index in [4.69, 9.17) is 14.5 Å². The zero-order valence-electron chi connectivity index (χ0n) is 21.0. The molecule has 10 nitrogen and oxygen atoms in total. The lowest BCUT2D eigenvalue weighted by Gasteiger charge is -2.14. The average Bonchev–Trinajstić information content (AvgIpc) is 3.68. The third-order valence-electron chi connectivity index (χ3n) is 7.27. The van der Waals surface area contributed by atoms with Gasteiger partial charge in [0.15, 0.2) is 11.5 Å². The Morgan fingerprint density at radius 1 is 1.03 bits per heavy atom. The SMILES string of the molecule is Cc1cc(Nc2ncnc3ccc(CC4=NC5(CCCC5)CO4)cc23)ccc1Oc1cc2nncn2cn1. The average molecular weight is 507 g/mol. The van der Waals surface area contributed by atoms with Gasteiger partial charge in [-0.25, -0.2) is 19.9 Å². The minimum absolute atomic E-state index is 0.0229. The van der Waals surface area contributed by atoms with E-state index in [1.807, 2.05) is 31.2 Å². The number of aryl methyl sites for hydroxylation is 1. The summed E-state index contributed by atoms with van der Waals surface area (Å²) in [5.74, 6) is 2.74. The maximum absolute atomic E-state index is 6.01. The van der Waals surface area contributed by atoms with Gasteiger partial charge in [-0.2, -0.15) is 0 Å². The topological polar surface area (TPSA) is 112 Å². The number of rotatable bonds is 6. The highest BCUT2D eigenvalue weighted by Gasteiger charge is 2.39. The molecule has 4 heterocycles. The van der Waals surface area contributed by atoms with Crippen LogP contribution in [-0.2, 0) is 11.2 Å². The Labute approximate surface area is 218 Å². The van der Waals surface area contributed by atoms with E-state index in [0.29, 0.717) is 23.7 Å². The van der Waals surface area contributed by atoms with Gasteiger partial charge in [-0.05, 0) is 61.2 Å². The normalized spacial score (nSPS) is 16.2. The van der Waals surface area contributed by atoms with Crippen molar-refractivity contribution in [3.8, 4) is 11.6 Å². The van der Waals surface area contributed by atoms with Gasteiger partial charge in [0, 0.05) is 23.6 Å². The van der Waals surface area contributed by atoms with Crippen molar-refractivity contribution in [2.75, 3.05) is 11.9 Å². The molecule has 1 saturated carbocycles. The molecule has 7 rings (SSSR count). The van der Waals surface area contributed by atoms with Crippen LogP contribution in [0.2, 0.25) is 0 Å². The Hall–Kier alpha value is -4.60. The predicted octanol–water partition coefficient (Wildman–Crippen LogP) is 5.20. The van der Waals surface area contributed by atoms with Crippen molar-refractivity contribution < 1.29 is 9.47 Å². The first-order valence-corrected chi connectivity index (χ1v) is 12.8. The zero-order chi connectivity index (χ0) is 25.5. The molecule has 0 bridgehead atoms. The molecule has 3 aromatic heterocycles. The first-order valence-electron chi connectivity index (χ1n) is 12.8. The van der Waals surface area contributed by atoms with Crippen molar-refractivity contribution in [3.05, 3.63) is 72.6 Å². The zero-order valence-corrected chi connectivity index (χ0v) is 21.0. The molecule has 5 aromatic rings. The van der Waals surface area contributed by atoms with Gasteiger partial charge < -0.3 is 14.8 Å². The van der Waals surface area contributed by atoms with Gasteiger partial charge >= 0.3 is 0 Å². The van der Waals surface area contributed by atoms with Gasteiger partial charge in [0.25, 0.3) is 0 Å². The molecule has 1 spiro atoms. The van der Waals surface area contributed by atoms with Gasteiger partial charge in [0.1, 0.15) is 37.2 Å². The van der Waals surface area contributed by atoms with Crippen LogP contribution >= 0.6 is 0 Å². The van der Waals surface area contributed by atoms with Gasteiger partial charge in [-0.1, -0.05) is 18.9 Å². The minimum Gasteiger partial charge on any atom is -0.478 e. The monoisotopic (exact) mass is 506 g/mol. The van der Waals surface area contributed by atoms with Crippen LogP contribution in [-0.4, -0.2) is 47.6 Å². The van der Waals surface area contributed by atoms with E-state index >= 15 is 0 Å². The van der Waals surface area contributed by atoms with E-state index in [1.54, 1.807) is 29.4 Å². The highest BCUT2D eigenvalue weighted by atomic mass is 16.5. The quantitative estimate of drug-likeness (QED) is 0.335. The summed E-state index contributed by atoms with van der Waals surface area (Å²) in [6, 6.07) is 13.9. The van der Waals surface area contributed by atoms with E-state index < -0.39 is 0 Å². The van der Waals surface area contributed by atoms with Crippen LogP contribution in [0.1, 0.15) is 36.8 Å². The second-order valence-electron chi connectivity index (χ2n) is 10.0. The van der Waals surface area contributed by atoms with E-state index in [-0.39, 0.29) is 5.54 Å². The molecule has 1 N–H and O–H groups in total. The van der Waals surface area contributed by atoms with Gasteiger partial charge in [-0.15, -0.1) is 10.2 Å². The highest BCUT2D eigenvalue weighted by molar-refractivity contribution is 5.92. The molecule has 0 radical (unpaired) electrons. The molecule has 38 heavy (non-hydrogen) atoms. The predicted molar refractivity (Wildman–Crippen MR) is 143 cm³/mol. The van der Waals surface area contributed by atoms with E-state index in [1.165, 1.54) is 12.8 Å². The van der Waals surface area contributed by atoms with Crippen LogP contribution in [0.3, 0.4) is 0 Å². The van der Waals surface area contributed by atoms with Gasteiger partial charge in [0.05, 0.1) is 11.1 Å². The highest BCUT2D eigenvalue weighted by Crippen LogP contribution is 2.37. The third-order valence-corrected chi connectivity index (χ3v) is 7.27. The second-order valence-corrected chi connectivity index (χ2v) is 10.0. The first kappa shape index (κ1) is 22.6. The van der Waals surface area contributed by atoms with Crippen molar-refractivity contribution in [1.29, 1.82) is 0 Å². The lowest BCUT2D eigenvalue weighted by Crippen LogP contribution is -2.22. The standard InChI is InChI=1S/C28H26N8O2/c1-18-10-20(5-7-23(18)38-25-13-24-35-32-17-36(24)16-31-25)33-27-21-11-19(4-6-22(21)29-15-30-27)12-26-34-28(14-37-26)8-2-3-9-28/h4-7,10-11,13,15-17H,2-3,8-9,12,14H2,1H3,(H,29,30,33). The number of ether oxygens (including phenoxy) is 2. The first-order chi connectivity index (χ1) is 18.6. The Balaban J connectivity index is 1.11. The van der Waals surface area contributed by atoms with Crippen LogP contribution in [0.25, 0.3) is 16.6 Å². The summed E-state index contributed by atoms with van der Waals surface area (Å²) in [5, 5.41) is 12.3.